The molecule has 2 fully saturated rings. The zero-order valence-corrected chi connectivity index (χ0v) is 19.2. The van der Waals surface area contributed by atoms with E-state index in [1.807, 2.05) is 45.0 Å². The van der Waals surface area contributed by atoms with E-state index in [-0.39, 0.29) is 29.4 Å². The number of rotatable bonds is 4. The molecular weight excluding hydrogens is 414 g/mol. The van der Waals surface area contributed by atoms with E-state index in [0.29, 0.717) is 19.3 Å². The van der Waals surface area contributed by atoms with Crippen LogP contribution in [0.2, 0.25) is 0 Å². The maximum absolute atomic E-state index is 12.0. The molecule has 2 aliphatic heterocycles. The average Bonchev–Trinajstić information content (AvgIpc) is 2.73. The molecule has 3 amide bonds. The molecule has 2 saturated heterocycles. The van der Waals surface area contributed by atoms with Gasteiger partial charge in [-0.05, 0) is 57.7 Å². The van der Waals surface area contributed by atoms with Gasteiger partial charge in [-0.25, -0.2) is 4.79 Å². The van der Waals surface area contributed by atoms with Crippen molar-refractivity contribution in [2.45, 2.75) is 64.0 Å². The first-order valence-electron chi connectivity index (χ1n) is 10.8. The summed E-state index contributed by atoms with van der Waals surface area (Å²) in [6.45, 7) is 7.53. The van der Waals surface area contributed by atoms with Crippen LogP contribution < -0.4 is 10.2 Å². The second-order valence-corrected chi connectivity index (χ2v) is 9.03. The number of ether oxygens (including phenoxy) is 1. The fraction of sp³-hybridized carbons (Fsp3) is 0.565. The molecule has 0 spiro atoms. The molecule has 0 radical (unpaired) electrons. The highest BCUT2D eigenvalue weighted by molar-refractivity contribution is 6.00. The number of carboxylic acid groups (broad SMARTS) is 1. The molecule has 0 aliphatic carbocycles. The van der Waals surface area contributed by atoms with Crippen molar-refractivity contribution in [3.8, 4) is 0 Å². The van der Waals surface area contributed by atoms with Crippen molar-refractivity contribution in [3.05, 3.63) is 29.8 Å². The van der Waals surface area contributed by atoms with Crippen molar-refractivity contribution in [2.24, 2.45) is 0 Å². The first kappa shape index (κ1) is 25.2. The summed E-state index contributed by atoms with van der Waals surface area (Å²) in [5.41, 5.74) is 1.68. The Morgan fingerprint density at radius 2 is 1.75 bits per heavy atom. The van der Waals surface area contributed by atoms with Gasteiger partial charge in [-0.1, -0.05) is 12.1 Å². The second kappa shape index (κ2) is 11.0. The molecule has 9 heteroatoms. The molecular formula is C23H33N3O6. The molecule has 1 aromatic rings. The van der Waals surface area contributed by atoms with E-state index >= 15 is 0 Å². The molecule has 2 aliphatic rings. The van der Waals surface area contributed by atoms with Crippen LogP contribution in [-0.2, 0) is 19.1 Å². The summed E-state index contributed by atoms with van der Waals surface area (Å²) in [7, 11) is 1.62. The lowest BCUT2D eigenvalue weighted by atomic mass is 9.90. The third kappa shape index (κ3) is 7.25. The Hall–Kier alpha value is -3.10. The predicted octanol–water partition coefficient (Wildman–Crippen LogP) is 2.74. The molecule has 176 valence electrons. The topological polar surface area (TPSA) is 116 Å². The van der Waals surface area contributed by atoms with Crippen LogP contribution in [0.15, 0.2) is 24.3 Å². The van der Waals surface area contributed by atoms with Crippen LogP contribution in [0.25, 0.3) is 0 Å². The van der Waals surface area contributed by atoms with E-state index in [2.05, 4.69) is 15.0 Å². The number of nitrogens with zero attached hydrogens (tertiary/aromatic N) is 2. The van der Waals surface area contributed by atoms with Gasteiger partial charge in [0.05, 0.1) is 5.92 Å². The Bertz CT molecular complexity index is 810. The highest BCUT2D eigenvalue weighted by Crippen LogP contribution is 2.28. The summed E-state index contributed by atoms with van der Waals surface area (Å²) >= 11 is 0. The molecule has 9 nitrogen and oxygen atoms in total. The number of carbonyl (C=O) groups is 4. The number of anilines is 1. The first-order valence-corrected chi connectivity index (χ1v) is 10.8. The number of nitrogens with one attached hydrogen (secondary N) is 1. The first-order chi connectivity index (χ1) is 15.0. The number of carbonyl (C=O) groups excluding carboxylic acids is 3. The second-order valence-electron chi connectivity index (χ2n) is 9.03. The Balaban J connectivity index is 0.000000451. The van der Waals surface area contributed by atoms with Crippen LogP contribution in [0, 0.1) is 0 Å². The fourth-order valence-corrected chi connectivity index (χ4v) is 3.74. The van der Waals surface area contributed by atoms with Crippen molar-refractivity contribution in [2.75, 3.05) is 25.0 Å². The lowest BCUT2D eigenvalue weighted by molar-refractivity contribution is -0.139. The molecule has 1 unspecified atom stereocenters. The van der Waals surface area contributed by atoms with Crippen LogP contribution in [-0.4, -0.2) is 66.2 Å². The van der Waals surface area contributed by atoms with Gasteiger partial charge in [0.15, 0.2) is 0 Å². The molecule has 0 aromatic heterocycles. The lowest BCUT2D eigenvalue weighted by Crippen LogP contribution is -2.45. The number of amides is 3. The number of hydrogen-bond acceptors (Lipinski definition) is 6. The maximum atomic E-state index is 12.0. The van der Waals surface area contributed by atoms with E-state index in [4.69, 9.17) is 5.11 Å². The summed E-state index contributed by atoms with van der Waals surface area (Å²) in [6.07, 6.45) is 1.65. The van der Waals surface area contributed by atoms with Gasteiger partial charge in [-0.15, -0.1) is 0 Å². The molecule has 2 heterocycles. The van der Waals surface area contributed by atoms with E-state index in [0.717, 1.165) is 37.2 Å². The van der Waals surface area contributed by atoms with Crippen LogP contribution in [0.5, 0.6) is 0 Å². The molecule has 32 heavy (non-hydrogen) atoms. The highest BCUT2D eigenvalue weighted by Gasteiger charge is 2.28. The SMILES string of the molecule is CC(C)(C)OC=O.CN(C(=O)O)C1CCN(c2ccc(C3CCC(=O)NC3=O)cc2)CC1. The Morgan fingerprint density at radius 3 is 2.19 bits per heavy atom. The van der Waals surface area contributed by atoms with Crippen molar-refractivity contribution in [1.82, 2.24) is 10.2 Å². The Morgan fingerprint density at radius 1 is 1.16 bits per heavy atom. The maximum Gasteiger partial charge on any atom is 0.407 e. The zero-order valence-electron chi connectivity index (χ0n) is 19.2. The van der Waals surface area contributed by atoms with Crippen molar-refractivity contribution in [3.63, 3.8) is 0 Å². The largest absolute Gasteiger partial charge is 0.465 e. The van der Waals surface area contributed by atoms with Crippen LogP contribution in [0.1, 0.15) is 57.9 Å². The molecule has 0 bridgehead atoms. The van der Waals surface area contributed by atoms with E-state index < -0.39 is 6.09 Å². The number of hydrogen-bond donors (Lipinski definition) is 2. The molecule has 3 rings (SSSR count). The van der Waals surface area contributed by atoms with Gasteiger partial charge in [0.2, 0.25) is 11.8 Å². The van der Waals surface area contributed by atoms with Gasteiger partial charge in [0.25, 0.3) is 6.47 Å². The fourth-order valence-electron chi connectivity index (χ4n) is 3.74. The number of piperidine rings is 2. The van der Waals surface area contributed by atoms with Crippen molar-refractivity contribution in [1.29, 1.82) is 0 Å². The van der Waals surface area contributed by atoms with Gasteiger partial charge in [-0.3, -0.25) is 19.7 Å². The third-order valence-corrected chi connectivity index (χ3v) is 5.62. The van der Waals surface area contributed by atoms with Crippen LogP contribution >= 0.6 is 0 Å². The highest BCUT2D eigenvalue weighted by atomic mass is 16.5. The van der Waals surface area contributed by atoms with Crippen LogP contribution in [0.3, 0.4) is 0 Å². The zero-order chi connectivity index (χ0) is 23.9. The minimum absolute atomic E-state index is 0.0662. The Kier molecular flexibility index (Phi) is 8.63. The standard InChI is InChI=1S/C18H23N3O4.C5H10O2/c1-20(18(24)25)13-8-10-21(11-9-13)14-4-2-12(3-5-14)15-6-7-16(22)19-17(15)23;1-5(2,3)7-4-6/h2-5,13,15H,6-11H2,1H3,(H,24,25)(H,19,22,23);4H,1-3H3. The van der Waals surface area contributed by atoms with Gasteiger partial charge >= 0.3 is 6.09 Å². The monoisotopic (exact) mass is 447 g/mol. The van der Waals surface area contributed by atoms with E-state index in [1.165, 1.54) is 4.90 Å². The third-order valence-electron chi connectivity index (χ3n) is 5.62. The van der Waals surface area contributed by atoms with Gasteiger partial charge in [-0.2, -0.15) is 0 Å². The van der Waals surface area contributed by atoms with Crippen LogP contribution in [0.4, 0.5) is 10.5 Å². The van der Waals surface area contributed by atoms with E-state index in [1.54, 1.807) is 7.05 Å². The number of imide groups is 1. The molecule has 1 aromatic carbocycles. The lowest BCUT2D eigenvalue weighted by Gasteiger charge is -2.36. The van der Waals surface area contributed by atoms with Gasteiger partial charge < -0.3 is 19.6 Å². The summed E-state index contributed by atoms with van der Waals surface area (Å²) < 4.78 is 4.55. The predicted molar refractivity (Wildman–Crippen MR) is 119 cm³/mol. The minimum atomic E-state index is -0.882. The minimum Gasteiger partial charge on any atom is -0.465 e. The van der Waals surface area contributed by atoms with E-state index in [9.17, 15) is 19.2 Å². The molecule has 2 N–H and O–H groups in total. The summed E-state index contributed by atoms with van der Waals surface area (Å²) in [4.78, 5) is 47.5. The molecule has 1 atom stereocenters. The summed E-state index contributed by atoms with van der Waals surface area (Å²) in [5.74, 6) is -0.685. The van der Waals surface area contributed by atoms with Crippen molar-refractivity contribution >= 4 is 30.1 Å². The normalized spacial score (nSPS) is 19.4. The van der Waals surface area contributed by atoms with Crippen molar-refractivity contribution < 1.29 is 29.0 Å². The summed E-state index contributed by atoms with van der Waals surface area (Å²) in [6, 6.07) is 7.97. The quantitative estimate of drug-likeness (QED) is 0.538. The Labute approximate surface area is 188 Å². The van der Waals surface area contributed by atoms with Gasteiger partial charge in [0, 0.05) is 38.3 Å². The smallest absolute Gasteiger partial charge is 0.407 e. The average molecular weight is 448 g/mol. The summed E-state index contributed by atoms with van der Waals surface area (Å²) in [5, 5.41) is 11.5. The number of benzene rings is 1. The van der Waals surface area contributed by atoms with Gasteiger partial charge in [0.1, 0.15) is 5.60 Å². The molecule has 0 saturated carbocycles.